The maximum absolute atomic E-state index is 6.01. The molecule has 2 aromatic rings. The van der Waals surface area contributed by atoms with Gasteiger partial charge in [-0.15, -0.1) is 11.3 Å². The SMILES string of the molecule is Cc1csc(Sc2nc(C)nc(Cl)c2C)n1. The van der Waals surface area contributed by atoms with E-state index in [1.54, 1.807) is 11.3 Å². The monoisotopic (exact) mass is 271 g/mol. The number of rotatable bonds is 2. The topological polar surface area (TPSA) is 38.7 Å². The van der Waals surface area contributed by atoms with Gasteiger partial charge in [0.1, 0.15) is 16.0 Å². The number of aromatic nitrogens is 3. The summed E-state index contributed by atoms with van der Waals surface area (Å²) in [5.41, 5.74) is 1.94. The van der Waals surface area contributed by atoms with Gasteiger partial charge >= 0.3 is 0 Å². The number of hydrogen-bond donors (Lipinski definition) is 0. The molecule has 0 bridgehead atoms. The predicted octanol–water partition coefficient (Wildman–Crippen LogP) is 3.66. The molecule has 0 aromatic carbocycles. The highest BCUT2D eigenvalue weighted by Gasteiger charge is 2.10. The minimum atomic E-state index is 0.517. The van der Waals surface area contributed by atoms with Crippen LogP contribution in [0.15, 0.2) is 14.7 Å². The van der Waals surface area contributed by atoms with E-state index in [-0.39, 0.29) is 0 Å². The number of hydrogen-bond acceptors (Lipinski definition) is 5. The summed E-state index contributed by atoms with van der Waals surface area (Å²) >= 11 is 9.16. The lowest BCUT2D eigenvalue weighted by molar-refractivity contribution is 0.937. The van der Waals surface area contributed by atoms with Crippen LogP contribution in [0.1, 0.15) is 17.1 Å². The molecule has 0 spiro atoms. The minimum Gasteiger partial charge on any atom is -0.235 e. The molecule has 0 saturated carbocycles. The maximum Gasteiger partial charge on any atom is 0.156 e. The summed E-state index contributed by atoms with van der Waals surface area (Å²) in [4.78, 5) is 12.9. The van der Waals surface area contributed by atoms with Crippen molar-refractivity contribution in [2.45, 2.75) is 30.1 Å². The van der Waals surface area contributed by atoms with Crippen molar-refractivity contribution in [2.24, 2.45) is 0 Å². The molecule has 16 heavy (non-hydrogen) atoms. The van der Waals surface area contributed by atoms with Crippen LogP contribution in [-0.4, -0.2) is 15.0 Å². The zero-order valence-electron chi connectivity index (χ0n) is 9.11. The second kappa shape index (κ2) is 4.69. The first-order valence-electron chi connectivity index (χ1n) is 4.67. The van der Waals surface area contributed by atoms with Crippen molar-refractivity contribution in [2.75, 3.05) is 0 Å². The second-order valence-electron chi connectivity index (χ2n) is 3.35. The first-order valence-corrected chi connectivity index (χ1v) is 6.74. The third-order valence-electron chi connectivity index (χ3n) is 1.94. The smallest absolute Gasteiger partial charge is 0.156 e. The maximum atomic E-state index is 6.01. The number of thiazole rings is 1. The van der Waals surface area contributed by atoms with E-state index in [0.29, 0.717) is 11.0 Å². The molecular formula is C10H10ClN3S2. The van der Waals surface area contributed by atoms with Crippen molar-refractivity contribution < 1.29 is 0 Å². The van der Waals surface area contributed by atoms with Crippen LogP contribution in [0.4, 0.5) is 0 Å². The van der Waals surface area contributed by atoms with Crippen molar-refractivity contribution >= 4 is 34.7 Å². The summed E-state index contributed by atoms with van der Waals surface area (Å²) in [7, 11) is 0. The highest BCUT2D eigenvalue weighted by Crippen LogP contribution is 2.32. The largest absolute Gasteiger partial charge is 0.235 e. The molecule has 0 saturated heterocycles. The van der Waals surface area contributed by atoms with E-state index in [0.717, 1.165) is 20.6 Å². The van der Waals surface area contributed by atoms with Gasteiger partial charge in [-0.3, -0.25) is 0 Å². The Morgan fingerprint density at radius 1 is 1.19 bits per heavy atom. The summed E-state index contributed by atoms with van der Waals surface area (Å²) in [6.45, 7) is 5.73. The van der Waals surface area contributed by atoms with Gasteiger partial charge in [-0.05, 0) is 32.5 Å². The molecule has 84 valence electrons. The first-order chi connectivity index (χ1) is 7.56. The Balaban J connectivity index is 2.34. The molecule has 6 heteroatoms. The summed E-state index contributed by atoms with van der Waals surface area (Å²) in [5.74, 6) is 0.686. The van der Waals surface area contributed by atoms with Crippen LogP contribution < -0.4 is 0 Å². The van der Waals surface area contributed by atoms with Crippen LogP contribution >= 0.6 is 34.7 Å². The molecule has 0 aliphatic carbocycles. The summed E-state index contributed by atoms with van der Waals surface area (Å²) in [6.07, 6.45) is 0. The fraction of sp³-hybridized carbons (Fsp3) is 0.300. The van der Waals surface area contributed by atoms with E-state index in [2.05, 4.69) is 15.0 Å². The third kappa shape index (κ3) is 2.53. The zero-order valence-corrected chi connectivity index (χ0v) is 11.5. The van der Waals surface area contributed by atoms with E-state index < -0.39 is 0 Å². The molecule has 2 aromatic heterocycles. The van der Waals surface area contributed by atoms with E-state index in [4.69, 9.17) is 11.6 Å². The van der Waals surface area contributed by atoms with Gasteiger partial charge in [0, 0.05) is 16.6 Å². The van der Waals surface area contributed by atoms with Crippen molar-refractivity contribution in [3.8, 4) is 0 Å². The van der Waals surface area contributed by atoms with Gasteiger partial charge < -0.3 is 0 Å². The standard InChI is InChI=1S/C10H10ClN3S2/c1-5-4-15-10(12-5)16-9-6(2)8(11)13-7(3)14-9/h4H,1-3H3. The molecular weight excluding hydrogens is 262 g/mol. The summed E-state index contributed by atoms with van der Waals surface area (Å²) in [5, 5.41) is 3.42. The Morgan fingerprint density at radius 3 is 2.56 bits per heavy atom. The average molecular weight is 272 g/mol. The number of halogens is 1. The lowest BCUT2D eigenvalue weighted by Gasteiger charge is -2.04. The predicted molar refractivity (Wildman–Crippen MR) is 67.5 cm³/mol. The lowest BCUT2D eigenvalue weighted by atomic mass is 10.4. The van der Waals surface area contributed by atoms with E-state index in [1.165, 1.54) is 11.8 Å². The van der Waals surface area contributed by atoms with Crippen molar-refractivity contribution in [3.05, 3.63) is 27.6 Å². The molecule has 0 atom stereocenters. The van der Waals surface area contributed by atoms with Gasteiger partial charge in [-0.2, -0.15) is 0 Å². The Kier molecular flexibility index (Phi) is 3.47. The first kappa shape index (κ1) is 11.8. The Labute approximate surface area is 107 Å². The highest BCUT2D eigenvalue weighted by atomic mass is 35.5. The molecule has 0 unspecified atom stereocenters. The molecule has 3 nitrogen and oxygen atoms in total. The van der Waals surface area contributed by atoms with Crippen LogP contribution in [0.5, 0.6) is 0 Å². The summed E-state index contributed by atoms with van der Waals surface area (Å²) in [6, 6.07) is 0. The van der Waals surface area contributed by atoms with Crippen LogP contribution in [0.25, 0.3) is 0 Å². The molecule has 0 N–H and O–H groups in total. The molecule has 2 rings (SSSR count). The molecule has 0 amide bonds. The van der Waals surface area contributed by atoms with Gasteiger partial charge in [0.05, 0.1) is 0 Å². The highest BCUT2D eigenvalue weighted by molar-refractivity contribution is 8.01. The van der Waals surface area contributed by atoms with E-state index in [9.17, 15) is 0 Å². The number of aryl methyl sites for hydroxylation is 2. The van der Waals surface area contributed by atoms with Gasteiger partial charge in [0.15, 0.2) is 4.34 Å². The molecule has 0 fully saturated rings. The van der Waals surface area contributed by atoms with Crippen LogP contribution in [0.3, 0.4) is 0 Å². The number of nitrogens with zero attached hydrogens (tertiary/aromatic N) is 3. The molecule has 0 aliphatic rings. The van der Waals surface area contributed by atoms with Crippen LogP contribution in [0.2, 0.25) is 5.15 Å². The van der Waals surface area contributed by atoms with Gasteiger partial charge in [-0.1, -0.05) is 11.6 Å². The fourth-order valence-corrected chi connectivity index (χ4v) is 3.28. The van der Waals surface area contributed by atoms with Crippen molar-refractivity contribution in [1.29, 1.82) is 0 Å². The summed E-state index contributed by atoms with van der Waals surface area (Å²) < 4.78 is 0.981. The zero-order chi connectivity index (χ0) is 11.7. The lowest BCUT2D eigenvalue weighted by Crippen LogP contribution is -1.94. The van der Waals surface area contributed by atoms with Crippen molar-refractivity contribution in [1.82, 2.24) is 15.0 Å². The van der Waals surface area contributed by atoms with E-state index >= 15 is 0 Å². The molecule has 0 aliphatic heterocycles. The van der Waals surface area contributed by atoms with Gasteiger partial charge in [0.25, 0.3) is 0 Å². The Morgan fingerprint density at radius 2 is 1.94 bits per heavy atom. The van der Waals surface area contributed by atoms with Gasteiger partial charge in [-0.25, -0.2) is 15.0 Å². The average Bonchev–Trinajstić information content (AvgIpc) is 2.60. The second-order valence-corrected chi connectivity index (χ2v) is 5.80. The van der Waals surface area contributed by atoms with Crippen LogP contribution in [-0.2, 0) is 0 Å². The van der Waals surface area contributed by atoms with Crippen molar-refractivity contribution in [3.63, 3.8) is 0 Å². The quantitative estimate of drug-likeness (QED) is 0.782. The van der Waals surface area contributed by atoms with Crippen LogP contribution in [0, 0.1) is 20.8 Å². The minimum absolute atomic E-state index is 0.517. The molecule has 0 radical (unpaired) electrons. The Bertz CT molecular complexity index is 525. The normalized spacial score (nSPS) is 10.8. The fourth-order valence-electron chi connectivity index (χ4n) is 1.13. The molecule has 2 heterocycles. The van der Waals surface area contributed by atoms with E-state index in [1.807, 2.05) is 26.2 Å². The Hall–Kier alpha value is -0.650. The third-order valence-corrected chi connectivity index (χ3v) is 4.45. The van der Waals surface area contributed by atoms with Gasteiger partial charge in [0.2, 0.25) is 0 Å².